The number of carboxylic acids is 1. The van der Waals surface area contributed by atoms with E-state index in [0.717, 1.165) is 12.0 Å². The Bertz CT molecular complexity index is 366. The summed E-state index contributed by atoms with van der Waals surface area (Å²) >= 11 is 0. The van der Waals surface area contributed by atoms with Crippen molar-refractivity contribution in [1.82, 2.24) is 0 Å². The average Bonchev–Trinajstić information content (AvgIpc) is 2.57. The quantitative estimate of drug-likeness (QED) is 0.180. The molecule has 2 heteroatoms. The Morgan fingerprint density at radius 2 is 1.17 bits per heavy atom. The van der Waals surface area contributed by atoms with Crippen LogP contribution in [0.15, 0.2) is 23.3 Å². The molecule has 0 radical (unpaired) electrons. The number of rotatable bonds is 16. The highest BCUT2D eigenvalue weighted by molar-refractivity contribution is 5.87. The lowest BCUT2D eigenvalue weighted by Gasteiger charge is -2.02. The highest BCUT2D eigenvalue weighted by Crippen LogP contribution is 2.13. The average molecular weight is 337 g/mol. The molecule has 0 aliphatic heterocycles. The molecule has 0 aromatic heterocycles. The van der Waals surface area contributed by atoms with Crippen LogP contribution >= 0.6 is 0 Å². The minimum Gasteiger partial charge on any atom is -0.478 e. The molecule has 0 amide bonds. The summed E-state index contributed by atoms with van der Waals surface area (Å²) in [6, 6.07) is 0. The monoisotopic (exact) mass is 336 g/mol. The fourth-order valence-corrected chi connectivity index (χ4v) is 2.83. The van der Waals surface area contributed by atoms with Gasteiger partial charge in [-0.05, 0) is 32.3 Å². The second-order valence-corrected chi connectivity index (χ2v) is 7.05. The van der Waals surface area contributed by atoms with E-state index in [9.17, 15) is 4.79 Å². The zero-order valence-electron chi connectivity index (χ0n) is 16.4. The maximum atomic E-state index is 10.8. The van der Waals surface area contributed by atoms with Gasteiger partial charge in [0.2, 0.25) is 0 Å². The topological polar surface area (TPSA) is 37.3 Å². The van der Waals surface area contributed by atoms with Gasteiger partial charge in [-0.2, -0.15) is 0 Å². The molecule has 24 heavy (non-hydrogen) atoms. The minimum atomic E-state index is -0.821. The number of carboxylic acid groups (broad SMARTS) is 1. The van der Waals surface area contributed by atoms with E-state index in [1.54, 1.807) is 6.92 Å². The van der Waals surface area contributed by atoms with Crippen LogP contribution in [0.5, 0.6) is 0 Å². The predicted molar refractivity (Wildman–Crippen MR) is 105 cm³/mol. The molecule has 0 atom stereocenters. The molecule has 0 bridgehead atoms. The number of aliphatic carboxylic acids is 1. The van der Waals surface area contributed by atoms with Gasteiger partial charge in [-0.25, -0.2) is 4.79 Å². The molecule has 0 rings (SSSR count). The van der Waals surface area contributed by atoms with Crippen molar-refractivity contribution in [2.24, 2.45) is 0 Å². The Morgan fingerprint density at radius 3 is 1.58 bits per heavy atom. The fourth-order valence-electron chi connectivity index (χ4n) is 2.83. The Morgan fingerprint density at radius 1 is 0.750 bits per heavy atom. The van der Waals surface area contributed by atoms with Crippen molar-refractivity contribution < 1.29 is 9.90 Å². The highest BCUT2D eigenvalue weighted by Gasteiger charge is 2.01. The van der Waals surface area contributed by atoms with Crippen LogP contribution < -0.4 is 0 Å². The molecule has 0 aromatic carbocycles. The molecule has 140 valence electrons. The van der Waals surface area contributed by atoms with Crippen LogP contribution in [0.25, 0.3) is 0 Å². The van der Waals surface area contributed by atoms with E-state index in [0.29, 0.717) is 5.57 Å². The standard InChI is InChI=1S/C22H40O2/c1-4-5-6-7-8-9-10-11-12-13-14-15-16-17-18-19-20(2)21(3)22(23)24/h18-19H,4-17H2,1-3H3,(H,23,24). The first-order valence-electron chi connectivity index (χ1n) is 10.2. The SMILES string of the molecule is CCCCCCCCCCCCCCCC=CC(C)=C(C)C(=O)O. The molecule has 0 saturated carbocycles. The molecule has 0 unspecified atom stereocenters. The largest absolute Gasteiger partial charge is 0.478 e. The number of carbonyl (C=O) groups is 1. The third-order valence-electron chi connectivity index (χ3n) is 4.75. The van der Waals surface area contributed by atoms with Crippen LogP contribution in [0.3, 0.4) is 0 Å². The van der Waals surface area contributed by atoms with E-state index >= 15 is 0 Å². The smallest absolute Gasteiger partial charge is 0.331 e. The van der Waals surface area contributed by atoms with Gasteiger partial charge in [-0.1, -0.05) is 96.1 Å². The molecule has 0 aromatic rings. The van der Waals surface area contributed by atoms with Crippen LogP contribution in [0.4, 0.5) is 0 Å². The Labute approximate surface area is 150 Å². The van der Waals surface area contributed by atoms with E-state index in [-0.39, 0.29) is 0 Å². The molecule has 0 saturated heterocycles. The molecule has 1 N–H and O–H groups in total. The van der Waals surface area contributed by atoms with Crippen LogP contribution in [0.1, 0.15) is 111 Å². The number of allylic oxidation sites excluding steroid dienone is 3. The van der Waals surface area contributed by atoms with Crippen LogP contribution in [-0.2, 0) is 4.79 Å². The van der Waals surface area contributed by atoms with E-state index in [1.165, 1.54) is 83.5 Å². The lowest BCUT2D eigenvalue weighted by Crippen LogP contribution is -1.97. The number of hydrogen-bond donors (Lipinski definition) is 1. The number of hydrogen-bond acceptors (Lipinski definition) is 1. The molecule has 2 nitrogen and oxygen atoms in total. The summed E-state index contributed by atoms with van der Waals surface area (Å²) in [5, 5.41) is 8.89. The summed E-state index contributed by atoms with van der Waals surface area (Å²) in [6.07, 6.45) is 23.0. The maximum Gasteiger partial charge on any atom is 0.331 e. The van der Waals surface area contributed by atoms with Crippen molar-refractivity contribution in [3.05, 3.63) is 23.3 Å². The summed E-state index contributed by atoms with van der Waals surface area (Å²) in [5.74, 6) is -0.821. The van der Waals surface area contributed by atoms with Gasteiger partial charge >= 0.3 is 5.97 Å². The van der Waals surface area contributed by atoms with Crippen molar-refractivity contribution in [1.29, 1.82) is 0 Å². The van der Waals surface area contributed by atoms with Crippen molar-refractivity contribution >= 4 is 5.97 Å². The first-order chi connectivity index (χ1) is 11.6. The van der Waals surface area contributed by atoms with Crippen LogP contribution in [0.2, 0.25) is 0 Å². The fraction of sp³-hybridized carbons (Fsp3) is 0.773. The first-order valence-corrected chi connectivity index (χ1v) is 10.2. The maximum absolute atomic E-state index is 10.8. The van der Waals surface area contributed by atoms with Gasteiger partial charge in [0.05, 0.1) is 0 Å². The molecule has 0 aliphatic rings. The second kappa shape index (κ2) is 16.8. The third kappa shape index (κ3) is 14.5. The van der Waals surface area contributed by atoms with E-state index < -0.39 is 5.97 Å². The molecule has 0 aliphatic carbocycles. The van der Waals surface area contributed by atoms with E-state index in [1.807, 2.05) is 13.0 Å². The number of unbranched alkanes of at least 4 members (excludes halogenated alkanes) is 13. The first kappa shape index (κ1) is 22.9. The summed E-state index contributed by atoms with van der Waals surface area (Å²) in [5.41, 5.74) is 1.30. The predicted octanol–water partition coefficient (Wildman–Crippen LogP) is 7.44. The van der Waals surface area contributed by atoms with Gasteiger partial charge in [-0.3, -0.25) is 0 Å². The minimum absolute atomic E-state index is 0.441. The molecular weight excluding hydrogens is 296 g/mol. The second-order valence-electron chi connectivity index (χ2n) is 7.05. The van der Waals surface area contributed by atoms with Gasteiger partial charge in [0.1, 0.15) is 0 Å². The van der Waals surface area contributed by atoms with Crippen molar-refractivity contribution in [2.45, 2.75) is 111 Å². The van der Waals surface area contributed by atoms with E-state index in [4.69, 9.17) is 5.11 Å². The zero-order chi connectivity index (χ0) is 18.0. The molecular formula is C22H40O2. The normalized spacial score (nSPS) is 12.6. The molecule has 0 spiro atoms. The van der Waals surface area contributed by atoms with Crippen LogP contribution in [-0.4, -0.2) is 11.1 Å². The third-order valence-corrected chi connectivity index (χ3v) is 4.75. The Balaban J connectivity index is 3.34. The van der Waals surface area contributed by atoms with E-state index in [2.05, 4.69) is 13.0 Å². The molecule has 0 heterocycles. The van der Waals surface area contributed by atoms with Crippen molar-refractivity contribution in [3.8, 4) is 0 Å². The van der Waals surface area contributed by atoms with Crippen molar-refractivity contribution in [3.63, 3.8) is 0 Å². The highest BCUT2D eigenvalue weighted by atomic mass is 16.4. The van der Waals surface area contributed by atoms with Crippen LogP contribution in [0, 0.1) is 0 Å². The van der Waals surface area contributed by atoms with Gasteiger partial charge in [0, 0.05) is 5.57 Å². The summed E-state index contributed by atoms with van der Waals surface area (Å²) in [4.78, 5) is 10.8. The Hall–Kier alpha value is -1.05. The summed E-state index contributed by atoms with van der Waals surface area (Å²) in [6.45, 7) is 5.80. The lowest BCUT2D eigenvalue weighted by atomic mass is 10.0. The lowest BCUT2D eigenvalue weighted by molar-refractivity contribution is -0.132. The van der Waals surface area contributed by atoms with Gasteiger partial charge in [0.25, 0.3) is 0 Å². The van der Waals surface area contributed by atoms with Gasteiger partial charge in [-0.15, -0.1) is 0 Å². The van der Waals surface area contributed by atoms with Gasteiger partial charge < -0.3 is 5.11 Å². The zero-order valence-corrected chi connectivity index (χ0v) is 16.4. The summed E-state index contributed by atoms with van der Waals surface area (Å²) in [7, 11) is 0. The molecule has 0 fully saturated rings. The van der Waals surface area contributed by atoms with Crippen molar-refractivity contribution in [2.75, 3.05) is 0 Å². The summed E-state index contributed by atoms with van der Waals surface area (Å²) < 4.78 is 0. The van der Waals surface area contributed by atoms with Gasteiger partial charge in [0.15, 0.2) is 0 Å². The Kier molecular flexibility index (Phi) is 16.1.